The molecule has 6 heteroatoms. The molecule has 120 valence electrons. The van der Waals surface area contributed by atoms with E-state index < -0.39 is 0 Å². The highest BCUT2D eigenvalue weighted by molar-refractivity contribution is 5.83. The van der Waals surface area contributed by atoms with Gasteiger partial charge < -0.3 is 15.0 Å². The number of aromatic amines is 1. The van der Waals surface area contributed by atoms with Crippen molar-refractivity contribution in [1.29, 1.82) is 0 Å². The van der Waals surface area contributed by atoms with Gasteiger partial charge in [-0.25, -0.2) is 9.97 Å². The summed E-state index contributed by atoms with van der Waals surface area (Å²) in [5, 5.41) is 4.31. The van der Waals surface area contributed by atoms with E-state index in [1.54, 1.807) is 25.4 Å². The molecule has 3 aromatic rings. The number of fused-ring (bicyclic) bond motifs is 1. The number of ether oxygens (including phenoxy) is 1. The van der Waals surface area contributed by atoms with E-state index in [2.05, 4.69) is 38.6 Å². The molecule has 2 heterocycles. The molecule has 0 amide bonds. The van der Waals surface area contributed by atoms with E-state index in [9.17, 15) is 0 Å². The number of allylic oxidation sites excluding steroid dienone is 1. The fraction of sp³-hybridized carbons (Fsp3) is 0.0556. The van der Waals surface area contributed by atoms with Crippen molar-refractivity contribution in [2.45, 2.75) is 0 Å². The Morgan fingerprint density at radius 2 is 2.21 bits per heavy atom. The maximum Gasteiger partial charge on any atom is 0.227 e. The summed E-state index contributed by atoms with van der Waals surface area (Å²) in [4.78, 5) is 15.8. The normalized spacial score (nSPS) is 11.3. The summed E-state index contributed by atoms with van der Waals surface area (Å²) in [6, 6.07) is 9.75. The third-order valence-corrected chi connectivity index (χ3v) is 3.46. The van der Waals surface area contributed by atoms with Gasteiger partial charge >= 0.3 is 0 Å². The van der Waals surface area contributed by atoms with E-state index >= 15 is 0 Å². The van der Waals surface area contributed by atoms with Crippen molar-refractivity contribution in [3.05, 3.63) is 66.8 Å². The number of H-pyrrole nitrogens is 1. The number of aliphatic imine (C=N–C) groups is 1. The van der Waals surface area contributed by atoms with Crippen LogP contribution in [0.1, 0.15) is 5.69 Å². The topological polar surface area (TPSA) is 75.2 Å². The van der Waals surface area contributed by atoms with Gasteiger partial charge in [0, 0.05) is 35.1 Å². The zero-order chi connectivity index (χ0) is 16.9. The number of aromatic nitrogens is 3. The summed E-state index contributed by atoms with van der Waals surface area (Å²) >= 11 is 0. The van der Waals surface area contributed by atoms with E-state index in [0.29, 0.717) is 23.1 Å². The Kier molecular flexibility index (Phi) is 4.38. The van der Waals surface area contributed by atoms with E-state index in [4.69, 9.17) is 4.74 Å². The number of hydrogen-bond acceptors (Lipinski definition) is 5. The third-order valence-electron chi connectivity index (χ3n) is 3.46. The minimum atomic E-state index is 0.472. The molecule has 0 unspecified atom stereocenters. The van der Waals surface area contributed by atoms with Crippen LogP contribution in [0.25, 0.3) is 16.6 Å². The highest BCUT2D eigenvalue weighted by Crippen LogP contribution is 2.21. The molecule has 2 N–H and O–H groups in total. The minimum absolute atomic E-state index is 0.472. The lowest BCUT2D eigenvalue weighted by Crippen LogP contribution is -1.99. The number of hydrogen-bond donors (Lipinski definition) is 2. The lowest BCUT2D eigenvalue weighted by Gasteiger charge is -2.07. The lowest BCUT2D eigenvalue weighted by molar-refractivity contribution is 0.309. The highest BCUT2D eigenvalue weighted by atomic mass is 16.5. The summed E-state index contributed by atoms with van der Waals surface area (Å²) in [7, 11) is 1.55. The van der Waals surface area contributed by atoms with Gasteiger partial charge in [-0.1, -0.05) is 6.58 Å². The number of nitrogens with zero attached hydrogens (tertiary/aromatic N) is 3. The summed E-state index contributed by atoms with van der Waals surface area (Å²) in [6.45, 7) is 7.32. The molecule has 0 aliphatic carbocycles. The van der Waals surface area contributed by atoms with Gasteiger partial charge in [-0.05, 0) is 37.0 Å². The summed E-state index contributed by atoms with van der Waals surface area (Å²) in [6.07, 6.45) is 5.24. The zero-order valence-electron chi connectivity index (χ0n) is 13.3. The Hall–Kier alpha value is -3.41. The highest BCUT2D eigenvalue weighted by Gasteiger charge is 2.06. The first-order valence-corrected chi connectivity index (χ1v) is 7.28. The fourth-order valence-electron chi connectivity index (χ4n) is 2.23. The number of methoxy groups -OCH3 is 1. The molecular weight excluding hydrogens is 302 g/mol. The molecule has 0 aliphatic rings. The number of rotatable bonds is 6. The van der Waals surface area contributed by atoms with Crippen LogP contribution < -0.4 is 5.32 Å². The summed E-state index contributed by atoms with van der Waals surface area (Å²) in [5.74, 6) is 0.948. The van der Waals surface area contributed by atoms with Crippen molar-refractivity contribution in [3.8, 4) is 0 Å². The Labute approximate surface area is 139 Å². The van der Waals surface area contributed by atoms with Crippen LogP contribution in [0.4, 0.5) is 11.6 Å². The second-order valence-electron chi connectivity index (χ2n) is 5.03. The average molecular weight is 319 g/mol. The first-order chi connectivity index (χ1) is 11.7. The molecule has 3 rings (SSSR count). The quantitative estimate of drug-likeness (QED) is 0.410. The minimum Gasteiger partial charge on any atom is -0.497 e. The lowest BCUT2D eigenvalue weighted by atomic mass is 10.2. The SMILES string of the molecule is C=N/C(=C\C(=C)OC)c1ccnc(Nc2ccc3[nH]ccc3c2)n1. The van der Waals surface area contributed by atoms with E-state index in [-0.39, 0.29) is 0 Å². The first kappa shape index (κ1) is 15.5. The van der Waals surface area contributed by atoms with Crippen LogP contribution in [0.5, 0.6) is 0 Å². The van der Waals surface area contributed by atoms with Crippen LogP contribution in [-0.4, -0.2) is 28.8 Å². The Morgan fingerprint density at radius 3 is 3.00 bits per heavy atom. The first-order valence-electron chi connectivity index (χ1n) is 7.28. The van der Waals surface area contributed by atoms with Gasteiger partial charge in [0.2, 0.25) is 5.95 Å². The zero-order valence-corrected chi connectivity index (χ0v) is 13.3. The number of nitrogens with one attached hydrogen (secondary N) is 2. The Balaban J connectivity index is 1.88. The van der Waals surface area contributed by atoms with Crippen LogP contribution in [0.3, 0.4) is 0 Å². The summed E-state index contributed by atoms with van der Waals surface area (Å²) < 4.78 is 5.04. The molecule has 0 spiro atoms. The largest absolute Gasteiger partial charge is 0.497 e. The third kappa shape index (κ3) is 3.33. The van der Waals surface area contributed by atoms with Crippen molar-refractivity contribution < 1.29 is 4.74 Å². The van der Waals surface area contributed by atoms with Crippen LogP contribution >= 0.6 is 0 Å². The standard InChI is InChI=1S/C18H17N5O/c1-12(24-3)10-17(19-2)16-7-9-21-18(23-16)22-14-4-5-15-13(11-14)6-8-20-15/h4-11,20H,1-2H2,3H3,(H,21,22,23)/b17-10-. The van der Waals surface area contributed by atoms with Crippen LogP contribution in [0.2, 0.25) is 0 Å². The Bertz CT molecular complexity index is 926. The van der Waals surface area contributed by atoms with Crippen molar-refractivity contribution in [3.63, 3.8) is 0 Å². The molecular formula is C18H17N5O. The van der Waals surface area contributed by atoms with Crippen LogP contribution in [0, 0.1) is 0 Å². The van der Waals surface area contributed by atoms with Gasteiger partial charge in [-0.2, -0.15) is 0 Å². The Morgan fingerprint density at radius 1 is 1.33 bits per heavy atom. The predicted octanol–water partition coefficient (Wildman–Crippen LogP) is 3.90. The van der Waals surface area contributed by atoms with Crippen molar-refractivity contribution in [1.82, 2.24) is 15.0 Å². The molecule has 0 aliphatic heterocycles. The maximum absolute atomic E-state index is 5.04. The second kappa shape index (κ2) is 6.78. The van der Waals surface area contributed by atoms with Crippen molar-refractivity contribution in [2.75, 3.05) is 12.4 Å². The average Bonchev–Trinajstić information content (AvgIpc) is 3.07. The molecule has 0 saturated heterocycles. The molecule has 0 radical (unpaired) electrons. The molecule has 0 bridgehead atoms. The maximum atomic E-state index is 5.04. The van der Waals surface area contributed by atoms with Gasteiger partial charge in [0.25, 0.3) is 0 Å². The number of anilines is 2. The molecule has 6 nitrogen and oxygen atoms in total. The molecule has 24 heavy (non-hydrogen) atoms. The van der Waals surface area contributed by atoms with Gasteiger partial charge in [0.05, 0.1) is 18.5 Å². The molecule has 0 atom stereocenters. The van der Waals surface area contributed by atoms with E-state index in [1.807, 2.05) is 30.5 Å². The van der Waals surface area contributed by atoms with Gasteiger partial charge in [-0.3, -0.25) is 4.99 Å². The van der Waals surface area contributed by atoms with E-state index in [0.717, 1.165) is 16.6 Å². The molecule has 0 fully saturated rings. The van der Waals surface area contributed by atoms with Crippen molar-refractivity contribution >= 4 is 35.0 Å². The second-order valence-corrected chi connectivity index (χ2v) is 5.03. The van der Waals surface area contributed by atoms with Gasteiger partial charge in [-0.15, -0.1) is 0 Å². The molecule has 1 aromatic carbocycles. The van der Waals surface area contributed by atoms with Crippen LogP contribution in [-0.2, 0) is 4.74 Å². The monoisotopic (exact) mass is 319 g/mol. The van der Waals surface area contributed by atoms with Gasteiger partial charge in [0.15, 0.2) is 0 Å². The smallest absolute Gasteiger partial charge is 0.227 e. The van der Waals surface area contributed by atoms with E-state index in [1.165, 1.54) is 0 Å². The van der Waals surface area contributed by atoms with Gasteiger partial charge in [0.1, 0.15) is 5.76 Å². The molecule has 0 saturated carbocycles. The molecule has 2 aromatic heterocycles. The fourth-order valence-corrected chi connectivity index (χ4v) is 2.23. The predicted molar refractivity (Wildman–Crippen MR) is 97.3 cm³/mol. The van der Waals surface area contributed by atoms with Crippen LogP contribution in [0.15, 0.2) is 66.1 Å². The van der Waals surface area contributed by atoms with Crippen molar-refractivity contribution in [2.24, 2.45) is 4.99 Å². The number of benzene rings is 1. The summed E-state index contributed by atoms with van der Waals surface area (Å²) in [5.41, 5.74) is 3.17.